The van der Waals surface area contributed by atoms with Crippen molar-refractivity contribution in [1.29, 1.82) is 0 Å². The standard InChI is InChI=1S/C45H45BrN8O6/c1-29(55)53-38-15-12-32(46)27-37(38)39(45(53)57)41(31-6-5-7-34(56)26-31)48-18-22-58-24-25-59-23-21-52-19-16-33(17-20-52)54-44-40(43(47)49-28-50-44)42(51-54)30-10-13-36(14-11-30)60-35-8-3-2-4-9-35/h2-15,26-28,33,48,56H,16-25H2,1H3,(H2,47,49,50)/b41-39-. The van der Waals surface area contributed by atoms with Gasteiger partial charge in [-0.3, -0.25) is 9.59 Å². The maximum atomic E-state index is 13.7. The van der Waals surface area contributed by atoms with Crippen LogP contribution in [0.4, 0.5) is 11.5 Å². The van der Waals surface area contributed by atoms with Crippen LogP contribution in [0.1, 0.15) is 36.9 Å². The van der Waals surface area contributed by atoms with Crippen LogP contribution in [0.3, 0.4) is 0 Å². The minimum absolute atomic E-state index is 0.0586. The Hall–Kier alpha value is -6.13. The third-order valence-corrected chi connectivity index (χ3v) is 11.1. The summed E-state index contributed by atoms with van der Waals surface area (Å²) in [6.07, 6.45) is 3.31. The first kappa shape index (κ1) is 40.6. The average molecular weight is 874 g/mol. The summed E-state index contributed by atoms with van der Waals surface area (Å²) in [5.74, 6) is 1.15. The molecule has 0 unspecified atom stereocenters. The number of nitrogens with two attached hydrogens (primary N) is 1. The predicted molar refractivity (Wildman–Crippen MR) is 233 cm³/mol. The normalized spacial score (nSPS) is 15.4. The number of piperidine rings is 1. The minimum Gasteiger partial charge on any atom is -0.508 e. The molecule has 2 aliphatic heterocycles. The molecular formula is C45H45BrN8O6. The van der Waals surface area contributed by atoms with E-state index in [1.165, 1.54) is 18.2 Å². The van der Waals surface area contributed by atoms with E-state index in [0.717, 1.165) is 70.7 Å². The van der Waals surface area contributed by atoms with Crippen LogP contribution in [0.25, 0.3) is 33.6 Å². The number of amides is 2. The van der Waals surface area contributed by atoms with Gasteiger partial charge in [-0.25, -0.2) is 19.5 Å². The van der Waals surface area contributed by atoms with Crippen molar-refractivity contribution in [2.24, 2.45) is 0 Å². The first-order chi connectivity index (χ1) is 29.2. The number of likely N-dealkylation sites (tertiary alicyclic amines) is 1. The molecule has 0 atom stereocenters. The van der Waals surface area contributed by atoms with Gasteiger partial charge in [-0.1, -0.05) is 46.3 Å². The largest absolute Gasteiger partial charge is 0.508 e. The fraction of sp³-hybridized carbons (Fsp3) is 0.267. The van der Waals surface area contributed by atoms with Gasteiger partial charge in [0, 0.05) is 54.3 Å². The molecule has 14 nitrogen and oxygen atoms in total. The van der Waals surface area contributed by atoms with Crippen LogP contribution in [0.15, 0.2) is 108 Å². The molecule has 6 aromatic rings. The Labute approximate surface area is 355 Å². The monoisotopic (exact) mass is 872 g/mol. The number of para-hydroxylation sites is 1. The number of halogens is 1. The summed E-state index contributed by atoms with van der Waals surface area (Å²) in [4.78, 5) is 38.7. The van der Waals surface area contributed by atoms with Crippen molar-refractivity contribution >= 4 is 61.6 Å². The van der Waals surface area contributed by atoms with Crippen LogP contribution in [0, 0.1) is 0 Å². The summed E-state index contributed by atoms with van der Waals surface area (Å²) < 4.78 is 20.6. The Kier molecular flexibility index (Phi) is 12.5. The smallest absolute Gasteiger partial charge is 0.267 e. The van der Waals surface area contributed by atoms with Gasteiger partial charge in [0.05, 0.1) is 54.8 Å². The first-order valence-electron chi connectivity index (χ1n) is 19.9. The van der Waals surface area contributed by atoms with Crippen molar-refractivity contribution in [2.75, 3.05) is 63.2 Å². The average Bonchev–Trinajstić information content (AvgIpc) is 3.78. The van der Waals surface area contributed by atoms with Gasteiger partial charge in [0.25, 0.3) is 5.91 Å². The van der Waals surface area contributed by atoms with Gasteiger partial charge in [-0.15, -0.1) is 0 Å². The van der Waals surface area contributed by atoms with Crippen LogP contribution >= 0.6 is 15.9 Å². The summed E-state index contributed by atoms with van der Waals surface area (Å²) in [6, 6.07) is 29.7. The molecule has 4 N–H and O–H groups in total. The van der Waals surface area contributed by atoms with Gasteiger partial charge >= 0.3 is 0 Å². The fourth-order valence-electron chi connectivity index (χ4n) is 7.70. The quantitative estimate of drug-likeness (QED) is 0.0711. The number of phenolic OH excluding ortho intramolecular Hbond substituents is 1. The van der Waals surface area contributed by atoms with Crippen molar-refractivity contribution in [3.63, 3.8) is 0 Å². The van der Waals surface area contributed by atoms with Gasteiger partial charge in [0.2, 0.25) is 5.91 Å². The molecule has 0 spiro atoms. The van der Waals surface area contributed by atoms with Gasteiger partial charge in [0.1, 0.15) is 35.1 Å². The second kappa shape index (κ2) is 18.4. The van der Waals surface area contributed by atoms with Crippen LogP contribution in [0.2, 0.25) is 0 Å². The lowest BCUT2D eigenvalue weighted by atomic mass is 10.00. The number of benzene rings is 4. The highest BCUT2D eigenvalue weighted by atomic mass is 79.9. The summed E-state index contributed by atoms with van der Waals surface area (Å²) in [5, 5.41) is 19.4. The summed E-state index contributed by atoms with van der Waals surface area (Å²) in [5.41, 5.74) is 11.4. The van der Waals surface area contributed by atoms with Gasteiger partial charge in [-0.2, -0.15) is 5.10 Å². The van der Waals surface area contributed by atoms with Crippen LogP contribution in [-0.2, 0) is 19.1 Å². The molecule has 0 aliphatic carbocycles. The van der Waals surface area contributed by atoms with E-state index >= 15 is 0 Å². The van der Waals surface area contributed by atoms with E-state index in [0.29, 0.717) is 66.9 Å². The number of phenols is 1. The molecule has 8 rings (SSSR count). The van der Waals surface area contributed by atoms with Crippen molar-refractivity contribution in [3.05, 3.63) is 119 Å². The highest BCUT2D eigenvalue weighted by Gasteiger charge is 2.37. The second-order valence-electron chi connectivity index (χ2n) is 14.5. The van der Waals surface area contributed by atoms with Gasteiger partial charge in [0.15, 0.2) is 5.65 Å². The lowest BCUT2D eigenvalue weighted by Crippen LogP contribution is -2.37. The fourth-order valence-corrected chi connectivity index (χ4v) is 8.06. The molecule has 2 amide bonds. The number of hydrogen-bond donors (Lipinski definition) is 3. The number of hydrogen-bond acceptors (Lipinski definition) is 12. The van der Waals surface area contributed by atoms with E-state index in [4.69, 9.17) is 25.0 Å². The lowest BCUT2D eigenvalue weighted by Gasteiger charge is -2.32. The third kappa shape index (κ3) is 8.89. The van der Waals surface area contributed by atoms with Crippen molar-refractivity contribution in [1.82, 2.24) is 30.0 Å². The van der Waals surface area contributed by atoms with Crippen LogP contribution < -0.4 is 20.7 Å². The van der Waals surface area contributed by atoms with Gasteiger partial charge in [-0.05, 0) is 79.6 Å². The summed E-state index contributed by atoms with van der Waals surface area (Å²) in [6.45, 7) is 6.09. The molecule has 0 bridgehead atoms. The van der Waals surface area contributed by atoms with E-state index < -0.39 is 5.91 Å². The highest BCUT2D eigenvalue weighted by molar-refractivity contribution is 9.10. The number of aromatic hydroxyl groups is 1. The molecular weight excluding hydrogens is 828 g/mol. The molecule has 308 valence electrons. The number of imide groups is 1. The number of rotatable bonds is 15. The first-order valence-corrected chi connectivity index (χ1v) is 20.7. The zero-order valence-electron chi connectivity index (χ0n) is 33.1. The molecule has 1 fully saturated rings. The molecule has 4 heterocycles. The Morgan fingerprint density at radius 2 is 1.65 bits per heavy atom. The molecule has 2 aromatic heterocycles. The Morgan fingerprint density at radius 3 is 2.40 bits per heavy atom. The molecule has 0 saturated carbocycles. The maximum Gasteiger partial charge on any atom is 0.267 e. The number of nitrogens with zero attached hydrogens (tertiary/aromatic N) is 6. The molecule has 1 saturated heterocycles. The number of carbonyl (C=O) groups excluding carboxylic acids is 2. The zero-order valence-corrected chi connectivity index (χ0v) is 34.7. The van der Waals surface area contributed by atoms with E-state index in [1.54, 1.807) is 36.4 Å². The Balaban J connectivity index is 0.806. The molecule has 0 radical (unpaired) electrons. The number of aromatic nitrogens is 4. The number of nitrogen functional groups attached to an aromatic ring is 1. The topological polar surface area (TPSA) is 170 Å². The predicted octanol–water partition coefficient (Wildman–Crippen LogP) is 7.06. The Bertz CT molecular complexity index is 2520. The van der Waals surface area contributed by atoms with Gasteiger partial charge < -0.3 is 35.3 Å². The summed E-state index contributed by atoms with van der Waals surface area (Å²) >= 11 is 3.50. The highest BCUT2D eigenvalue weighted by Crippen LogP contribution is 2.42. The third-order valence-electron chi connectivity index (χ3n) is 10.6. The van der Waals surface area contributed by atoms with Crippen molar-refractivity contribution in [2.45, 2.75) is 25.8 Å². The van der Waals surface area contributed by atoms with Crippen molar-refractivity contribution < 1.29 is 28.9 Å². The minimum atomic E-state index is -0.434. The van der Waals surface area contributed by atoms with Crippen molar-refractivity contribution in [3.8, 4) is 28.5 Å². The zero-order chi connectivity index (χ0) is 41.6. The SMILES string of the molecule is CC(=O)N1C(=O)/C(=C(\NCCOCCOCCN2CCC(n3nc(-c4ccc(Oc5ccccc5)cc4)c4c(N)ncnc43)CC2)c2cccc(O)c2)c2cc(Br)ccc21. The molecule has 2 aliphatic rings. The number of nitrogens with one attached hydrogen (secondary N) is 1. The summed E-state index contributed by atoms with van der Waals surface area (Å²) in [7, 11) is 0. The Morgan fingerprint density at radius 1 is 0.900 bits per heavy atom. The van der Waals surface area contributed by atoms with Crippen LogP contribution in [0.5, 0.6) is 17.2 Å². The molecule has 4 aromatic carbocycles. The van der Waals surface area contributed by atoms with E-state index in [-0.39, 0.29) is 17.7 Å². The van der Waals surface area contributed by atoms with E-state index in [9.17, 15) is 14.7 Å². The lowest BCUT2D eigenvalue weighted by molar-refractivity contribution is -0.122. The molecule has 60 heavy (non-hydrogen) atoms. The molecule has 15 heteroatoms. The number of anilines is 2. The van der Waals surface area contributed by atoms with Crippen LogP contribution in [-0.4, -0.2) is 94.2 Å². The number of fused-ring (bicyclic) bond motifs is 2. The van der Waals surface area contributed by atoms with E-state index in [2.05, 4.69) is 36.1 Å². The maximum absolute atomic E-state index is 13.7. The number of carbonyl (C=O) groups is 2. The van der Waals surface area contributed by atoms with E-state index in [1.807, 2.05) is 65.3 Å². The second-order valence-corrected chi connectivity index (χ2v) is 15.5. The number of ether oxygens (including phenoxy) is 3.